The van der Waals surface area contributed by atoms with Crippen LogP contribution in [-0.4, -0.2) is 15.6 Å². The number of hydrogen-bond donors (Lipinski definition) is 1. The highest BCUT2D eigenvalue weighted by molar-refractivity contribution is 6.01. The van der Waals surface area contributed by atoms with Crippen LogP contribution in [0.25, 0.3) is 0 Å². The molecule has 0 unspecified atom stereocenters. The second-order valence-electron chi connectivity index (χ2n) is 5.36. The number of hydrazone groups is 1. The molecule has 0 aromatic heterocycles. The standard InChI is InChI=1S/C18H18N4O4/c1-2-3-5-10-16(14-8-6-4-7-9-14)19-20-17-12-11-15(21(23)24)13-18(17)22(25)26/h2-4,6-9,11-13,20H,5,10H2,1H3/b3-2+,19-16+. The maximum Gasteiger partial charge on any atom is 0.301 e. The first-order chi connectivity index (χ1) is 12.5. The lowest BCUT2D eigenvalue weighted by atomic mass is 10.1. The normalized spacial score (nSPS) is 11.5. The fourth-order valence-electron chi connectivity index (χ4n) is 2.29. The molecule has 0 bridgehead atoms. The maximum absolute atomic E-state index is 11.2. The van der Waals surface area contributed by atoms with Gasteiger partial charge in [-0.2, -0.15) is 5.10 Å². The predicted octanol–water partition coefficient (Wildman–Crippen LogP) is 4.68. The number of nitro benzene ring substituents is 2. The van der Waals surface area contributed by atoms with Gasteiger partial charge in [-0.25, -0.2) is 0 Å². The smallest absolute Gasteiger partial charge is 0.271 e. The maximum atomic E-state index is 11.2. The molecule has 8 heteroatoms. The first kappa shape index (κ1) is 18.8. The van der Waals surface area contributed by atoms with Crippen LogP contribution in [0.2, 0.25) is 0 Å². The molecule has 0 atom stereocenters. The molecule has 0 aliphatic carbocycles. The lowest BCUT2D eigenvalue weighted by Crippen LogP contribution is -2.05. The van der Waals surface area contributed by atoms with Crippen LogP contribution < -0.4 is 5.43 Å². The van der Waals surface area contributed by atoms with Crippen molar-refractivity contribution in [3.05, 3.63) is 86.5 Å². The molecule has 0 amide bonds. The topological polar surface area (TPSA) is 111 Å². The summed E-state index contributed by atoms with van der Waals surface area (Å²) in [5.41, 5.74) is 3.67. The molecule has 134 valence electrons. The van der Waals surface area contributed by atoms with E-state index in [2.05, 4.69) is 10.5 Å². The fraction of sp³-hybridized carbons (Fsp3) is 0.167. The SMILES string of the molecule is C/C=C/CC/C(=N\Nc1ccc([N+](=O)[O-])cc1[N+](=O)[O-])c1ccccc1. The van der Waals surface area contributed by atoms with Gasteiger partial charge in [0, 0.05) is 6.07 Å². The number of nitro groups is 2. The van der Waals surface area contributed by atoms with Gasteiger partial charge in [-0.15, -0.1) is 0 Å². The van der Waals surface area contributed by atoms with Crippen LogP contribution in [0.5, 0.6) is 0 Å². The van der Waals surface area contributed by atoms with Crippen molar-refractivity contribution in [3.8, 4) is 0 Å². The second-order valence-corrected chi connectivity index (χ2v) is 5.36. The molecule has 26 heavy (non-hydrogen) atoms. The fourth-order valence-corrected chi connectivity index (χ4v) is 2.29. The van der Waals surface area contributed by atoms with Crippen molar-refractivity contribution in [1.82, 2.24) is 0 Å². The van der Waals surface area contributed by atoms with E-state index in [4.69, 9.17) is 0 Å². The Bertz CT molecular complexity index is 848. The van der Waals surface area contributed by atoms with Crippen LogP contribution >= 0.6 is 0 Å². The zero-order valence-electron chi connectivity index (χ0n) is 14.2. The first-order valence-corrected chi connectivity index (χ1v) is 7.95. The van der Waals surface area contributed by atoms with Crippen LogP contribution in [-0.2, 0) is 0 Å². The van der Waals surface area contributed by atoms with E-state index in [0.29, 0.717) is 6.42 Å². The van der Waals surface area contributed by atoms with Gasteiger partial charge in [0.1, 0.15) is 5.69 Å². The Kier molecular flexibility index (Phi) is 6.55. The zero-order chi connectivity index (χ0) is 18.9. The van der Waals surface area contributed by atoms with Crippen LogP contribution in [0.1, 0.15) is 25.3 Å². The number of non-ortho nitro benzene ring substituents is 1. The number of allylic oxidation sites excluding steroid dienone is 2. The van der Waals surface area contributed by atoms with E-state index >= 15 is 0 Å². The van der Waals surface area contributed by atoms with Crippen molar-refractivity contribution in [2.24, 2.45) is 5.10 Å². The van der Waals surface area contributed by atoms with Gasteiger partial charge in [0.05, 0.1) is 21.6 Å². The van der Waals surface area contributed by atoms with Crippen molar-refractivity contribution < 1.29 is 9.85 Å². The van der Waals surface area contributed by atoms with Crippen LogP contribution in [0.15, 0.2) is 65.8 Å². The number of nitrogens with one attached hydrogen (secondary N) is 1. The number of anilines is 1. The van der Waals surface area contributed by atoms with Crippen molar-refractivity contribution in [3.63, 3.8) is 0 Å². The van der Waals surface area contributed by atoms with Crippen LogP contribution in [0.4, 0.5) is 17.1 Å². The van der Waals surface area contributed by atoms with Gasteiger partial charge < -0.3 is 0 Å². The average Bonchev–Trinajstić information content (AvgIpc) is 2.65. The molecule has 0 aliphatic heterocycles. The summed E-state index contributed by atoms with van der Waals surface area (Å²) in [5, 5.41) is 26.3. The Balaban J connectivity index is 2.33. The molecule has 0 spiro atoms. The highest BCUT2D eigenvalue weighted by Gasteiger charge is 2.19. The van der Waals surface area contributed by atoms with Crippen molar-refractivity contribution >= 4 is 22.8 Å². The Morgan fingerprint density at radius 3 is 2.46 bits per heavy atom. The molecule has 0 aliphatic rings. The lowest BCUT2D eigenvalue weighted by molar-refractivity contribution is -0.393. The van der Waals surface area contributed by atoms with Crippen molar-refractivity contribution in [2.45, 2.75) is 19.8 Å². The molecule has 0 saturated heterocycles. The average molecular weight is 354 g/mol. The second kappa shape index (κ2) is 9.07. The summed E-state index contributed by atoms with van der Waals surface area (Å²) in [7, 11) is 0. The summed E-state index contributed by atoms with van der Waals surface area (Å²) in [5.74, 6) is 0. The molecule has 2 aromatic carbocycles. The summed E-state index contributed by atoms with van der Waals surface area (Å²) in [6.07, 6.45) is 5.36. The predicted molar refractivity (Wildman–Crippen MR) is 100 cm³/mol. The number of hydrogen-bond acceptors (Lipinski definition) is 6. The monoisotopic (exact) mass is 354 g/mol. The molecular weight excluding hydrogens is 336 g/mol. The molecule has 0 heterocycles. The summed E-state index contributed by atoms with van der Waals surface area (Å²) in [6.45, 7) is 1.93. The van der Waals surface area contributed by atoms with Crippen molar-refractivity contribution in [1.29, 1.82) is 0 Å². The van der Waals surface area contributed by atoms with Gasteiger partial charge >= 0.3 is 5.69 Å². The van der Waals surface area contributed by atoms with Gasteiger partial charge in [0.2, 0.25) is 0 Å². The van der Waals surface area contributed by atoms with E-state index in [9.17, 15) is 20.2 Å². The third-order valence-electron chi connectivity index (χ3n) is 3.59. The molecule has 2 rings (SSSR count). The van der Waals surface area contributed by atoms with E-state index < -0.39 is 15.5 Å². The lowest BCUT2D eigenvalue weighted by Gasteiger charge is -2.08. The minimum atomic E-state index is -0.674. The van der Waals surface area contributed by atoms with E-state index in [1.54, 1.807) is 0 Å². The molecular formula is C18H18N4O4. The van der Waals surface area contributed by atoms with Gasteiger partial charge in [-0.1, -0.05) is 42.5 Å². The molecule has 2 aromatic rings. The van der Waals surface area contributed by atoms with E-state index in [1.165, 1.54) is 12.1 Å². The number of rotatable bonds is 8. The Morgan fingerprint density at radius 2 is 1.85 bits per heavy atom. The third kappa shape index (κ3) is 4.97. The minimum absolute atomic E-state index is 0.0973. The van der Waals surface area contributed by atoms with Crippen LogP contribution in [0, 0.1) is 20.2 Å². The zero-order valence-corrected chi connectivity index (χ0v) is 14.2. The molecule has 0 radical (unpaired) electrons. The quantitative estimate of drug-likeness (QED) is 0.320. The summed E-state index contributed by atoms with van der Waals surface area (Å²) < 4.78 is 0. The van der Waals surface area contributed by atoms with Crippen molar-refractivity contribution in [2.75, 3.05) is 5.43 Å². The Hall–Kier alpha value is -3.55. The summed E-state index contributed by atoms with van der Waals surface area (Å²) >= 11 is 0. The van der Waals surface area contributed by atoms with Gasteiger partial charge in [-0.3, -0.25) is 25.7 Å². The number of nitrogens with zero attached hydrogens (tertiary/aromatic N) is 3. The first-order valence-electron chi connectivity index (χ1n) is 7.95. The highest BCUT2D eigenvalue weighted by Crippen LogP contribution is 2.29. The Labute approximate surface area is 150 Å². The largest absolute Gasteiger partial charge is 0.301 e. The minimum Gasteiger partial charge on any atom is -0.271 e. The molecule has 0 fully saturated rings. The van der Waals surface area contributed by atoms with Gasteiger partial charge in [0.15, 0.2) is 0 Å². The van der Waals surface area contributed by atoms with E-state index in [-0.39, 0.29) is 11.4 Å². The van der Waals surface area contributed by atoms with E-state index in [0.717, 1.165) is 23.8 Å². The third-order valence-corrected chi connectivity index (χ3v) is 3.59. The van der Waals surface area contributed by atoms with Gasteiger partial charge in [-0.05, 0) is 31.4 Å². The van der Waals surface area contributed by atoms with Gasteiger partial charge in [0.25, 0.3) is 5.69 Å². The molecule has 8 nitrogen and oxygen atoms in total. The highest BCUT2D eigenvalue weighted by atomic mass is 16.6. The summed E-state index contributed by atoms with van der Waals surface area (Å²) in [4.78, 5) is 20.7. The summed E-state index contributed by atoms with van der Waals surface area (Å²) in [6, 6.07) is 12.9. The molecule has 1 N–H and O–H groups in total. The number of benzene rings is 2. The Morgan fingerprint density at radius 1 is 1.12 bits per heavy atom. The van der Waals surface area contributed by atoms with Crippen LogP contribution in [0.3, 0.4) is 0 Å². The molecule has 0 saturated carbocycles. The van der Waals surface area contributed by atoms with E-state index in [1.807, 2.05) is 49.4 Å².